The number of rotatable bonds is 7. The Morgan fingerprint density at radius 1 is 1.11 bits per heavy atom. The molecule has 2 atom stereocenters. The van der Waals surface area contributed by atoms with Crippen molar-refractivity contribution in [3.05, 3.63) is 107 Å². The predicted octanol–water partition coefficient (Wildman–Crippen LogP) is 5.34. The highest BCUT2D eigenvalue weighted by atomic mass is 32.1. The third kappa shape index (κ3) is 4.97. The first kappa shape index (κ1) is 25.4. The number of carbonyl (C=O) groups is 1. The number of benzene rings is 2. The molecule has 2 aromatic heterocycles. The minimum absolute atomic E-state index is 0.183. The van der Waals surface area contributed by atoms with Crippen LogP contribution in [0.2, 0.25) is 0 Å². The molecular formula is C29H28FN5O2S. The highest BCUT2D eigenvalue weighted by Gasteiger charge is 2.41. The van der Waals surface area contributed by atoms with Crippen LogP contribution in [0.4, 0.5) is 10.1 Å². The van der Waals surface area contributed by atoms with Crippen LogP contribution in [0.15, 0.2) is 79.0 Å². The van der Waals surface area contributed by atoms with Crippen LogP contribution in [0.5, 0.6) is 5.75 Å². The number of aryl methyl sites for hydroxylation is 1. The maximum absolute atomic E-state index is 13.2. The summed E-state index contributed by atoms with van der Waals surface area (Å²) in [5.74, 6) is -0.364. The van der Waals surface area contributed by atoms with E-state index in [-0.39, 0.29) is 36.0 Å². The van der Waals surface area contributed by atoms with E-state index in [9.17, 15) is 14.3 Å². The summed E-state index contributed by atoms with van der Waals surface area (Å²) >= 11 is 5.75. The second kappa shape index (κ2) is 10.6. The maximum Gasteiger partial charge on any atom is 0.226 e. The molecule has 2 aromatic carbocycles. The molecule has 1 fully saturated rings. The molecule has 7 nitrogen and oxygen atoms in total. The smallest absolute Gasteiger partial charge is 0.226 e. The maximum atomic E-state index is 13.2. The molecule has 1 amide bonds. The average Bonchev–Trinajstić information content (AvgIpc) is 3.39. The zero-order chi connectivity index (χ0) is 26.8. The number of nitrogens with zero attached hydrogens (tertiary/aromatic N) is 3. The number of phenols is 1. The van der Waals surface area contributed by atoms with E-state index in [1.165, 1.54) is 24.3 Å². The van der Waals surface area contributed by atoms with Crippen molar-refractivity contribution in [2.45, 2.75) is 32.4 Å². The van der Waals surface area contributed by atoms with Crippen LogP contribution in [0.1, 0.15) is 41.1 Å². The standard InChI is InChI=1S/C29H28FN5O2S/c1-18-17-22(19(2)35(18)24-8-3-4-9-25(24)36)28-27(23-7-5-6-15-31-23)33-29(38)34(28)16-14-26(37)32-21-12-10-20(30)11-13-21/h3-13,15,17,27-28,36H,14,16H2,1-2H3,(H,32,37)(H,33,38). The number of pyridine rings is 1. The molecule has 0 aliphatic carbocycles. The lowest BCUT2D eigenvalue weighted by molar-refractivity contribution is -0.116. The number of aromatic nitrogens is 2. The number of hydrogen-bond acceptors (Lipinski definition) is 4. The van der Waals surface area contributed by atoms with Gasteiger partial charge in [-0.3, -0.25) is 9.78 Å². The average molecular weight is 530 g/mol. The predicted molar refractivity (Wildman–Crippen MR) is 149 cm³/mol. The quantitative estimate of drug-likeness (QED) is 0.281. The Bertz CT molecular complexity index is 1470. The number of phenolic OH excluding ortho intramolecular Hbond substituents is 1. The Labute approximate surface area is 225 Å². The summed E-state index contributed by atoms with van der Waals surface area (Å²) in [5.41, 5.74) is 5.01. The number of nitrogens with one attached hydrogen (secondary N) is 2. The fraction of sp³-hybridized carbons (Fsp3) is 0.207. The number of thiocarbonyl (C=S) groups is 1. The molecule has 0 radical (unpaired) electrons. The summed E-state index contributed by atoms with van der Waals surface area (Å²) in [5, 5.41) is 17.3. The van der Waals surface area contributed by atoms with E-state index in [0.717, 1.165) is 22.6 Å². The molecule has 1 aliphatic heterocycles. The summed E-state index contributed by atoms with van der Waals surface area (Å²) in [6, 6.07) is 20.3. The fourth-order valence-electron chi connectivity index (χ4n) is 5.07. The van der Waals surface area contributed by atoms with Crippen LogP contribution < -0.4 is 10.6 Å². The van der Waals surface area contributed by atoms with E-state index in [1.54, 1.807) is 18.3 Å². The normalized spacial score (nSPS) is 16.9. The van der Waals surface area contributed by atoms with Gasteiger partial charge < -0.3 is 25.2 Å². The molecule has 0 spiro atoms. The molecule has 9 heteroatoms. The van der Waals surface area contributed by atoms with E-state index in [2.05, 4.69) is 21.7 Å². The number of anilines is 1. The molecule has 194 valence electrons. The number of halogens is 1. The van der Waals surface area contributed by atoms with Crippen LogP contribution >= 0.6 is 12.2 Å². The lowest BCUT2D eigenvalue weighted by Crippen LogP contribution is -2.32. The van der Waals surface area contributed by atoms with Crippen molar-refractivity contribution in [2.24, 2.45) is 0 Å². The Morgan fingerprint density at radius 3 is 2.55 bits per heavy atom. The van der Waals surface area contributed by atoms with Gasteiger partial charge in [-0.15, -0.1) is 0 Å². The van der Waals surface area contributed by atoms with Crippen LogP contribution in [0.3, 0.4) is 0 Å². The van der Waals surface area contributed by atoms with E-state index < -0.39 is 0 Å². The lowest BCUT2D eigenvalue weighted by atomic mass is 9.96. The molecule has 5 rings (SSSR count). The highest BCUT2D eigenvalue weighted by molar-refractivity contribution is 7.80. The number of amides is 1. The van der Waals surface area contributed by atoms with Gasteiger partial charge in [0.1, 0.15) is 11.6 Å². The summed E-state index contributed by atoms with van der Waals surface area (Å²) in [7, 11) is 0. The molecule has 0 bridgehead atoms. The second-order valence-corrected chi connectivity index (χ2v) is 9.66. The molecule has 1 aliphatic rings. The second-order valence-electron chi connectivity index (χ2n) is 9.28. The fourth-order valence-corrected chi connectivity index (χ4v) is 5.41. The van der Waals surface area contributed by atoms with Crippen molar-refractivity contribution in [1.82, 2.24) is 19.8 Å². The zero-order valence-corrected chi connectivity index (χ0v) is 21.9. The summed E-state index contributed by atoms with van der Waals surface area (Å²) < 4.78 is 15.3. The van der Waals surface area contributed by atoms with E-state index in [0.29, 0.717) is 23.0 Å². The summed E-state index contributed by atoms with van der Waals surface area (Å²) in [4.78, 5) is 19.4. The molecular weight excluding hydrogens is 501 g/mol. The van der Waals surface area contributed by atoms with Crippen molar-refractivity contribution in [1.29, 1.82) is 0 Å². The Balaban J connectivity index is 1.47. The largest absolute Gasteiger partial charge is 0.506 e. The van der Waals surface area contributed by atoms with Crippen molar-refractivity contribution in [3.8, 4) is 11.4 Å². The first-order valence-electron chi connectivity index (χ1n) is 12.3. The Kier molecular flexibility index (Phi) is 7.11. The molecule has 3 N–H and O–H groups in total. The van der Waals surface area contributed by atoms with Gasteiger partial charge in [-0.25, -0.2) is 4.39 Å². The number of para-hydroxylation sites is 2. The first-order chi connectivity index (χ1) is 18.3. The molecule has 3 heterocycles. The SMILES string of the molecule is Cc1cc(C2C(c3ccccn3)NC(=S)N2CCC(=O)Nc2ccc(F)cc2)c(C)n1-c1ccccc1O. The lowest BCUT2D eigenvalue weighted by Gasteiger charge is -2.28. The van der Waals surface area contributed by atoms with Gasteiger partial charge in [-0.05, 0) is 86.2 Å². The van der Waals surface area contributed by atoms with Crippen LogP contribution in [0.25, 0.3) is 5.69 Å². The van der Waals surface area contributed by atoms with Gasteiger partial charge in [0, 0.05) is 36.2 Å². The number of carbonyl (C=O) groups excluding carboxylic acids is 1. The minimum atomic E-state index is -0.360. The monoisotopic (exact) mass is 529 g/mol. The van der Waals surface area contributed by atoms with Gasteiger partial charge in [-0.1, -0.05) is 18.2 Å². The van der Waals surface area contributed by atoms with Crippen LogP contribution in [-0.4, -0.2) is 37.1 Å². The van der Waals surface area contributed by atoms with Gasteiger partial charge in [0.15, 0.2) is 5.11 Å². The third-order valence-corrected chi connectivity index (χ3v) is 7.17. The van der Waals surface area contributed by atoms with E-state index in [1.807, 2.05) is 53.6 Å². The third-order valence-electron chi connectivity index (χ3n) is 6.82. The molecule has 0 saturated carbocycles. The first-order valence-corrected chi connectivity index (χ1v) is 12.7. The highest BCUT2D eigenvalue weighted by Crippen LogP contribution is 2.42. The van der Waals surface area contributed by atoms with Crippen molar-refractivity contribution >= 4 is 28.9 Å². The topological polar surface area (TPSA) is 82.4 Å². The van der Waals surface area contributed by atoms with Gasteiger partial charge >= 0.3 is 0 Å². The van der Waals surface area contributed by atoms with Crippen LogP contribution in [0, 0.1) is 19.7 Å². The number of aromatic hydroxyl groups is 1. The number of hydrogen-bond donors (Lipinski definition) is 3. The Hall–Kier alpha value is -4.24. The van der Waals surface area contributed by atoms with Crippen LogP contribution in [-0.2, 0) is 4.79 Å². The molecule has 4 aromatic rings. The van der Waals surface area contributed by atoms with Crippen molar-refractivity contribution in [3.63, 3.8) is 0 Å². The van der Waals surface area contributed by atoms with Gasteiger partial charge in [-0.2, -0.15) is 0 Å². The molecule has 2 unspecified atom stereocenters. The van der Waals surface area contributed by atoms with Crippen molar-refractivity contribution < 1.29 is 14.3 Å². The van der Waals surface area contributed by atoms with E-state index in [4.69, 9.17) is 12.2 Å². The molecule has 1 saturated heterocycles. The van der Waals surface area contributed by atoms with Gasteiger partial charge in [0.25, 0.3) is 0 Å². The molecule has 38 heavy (non-hydrogen) atoms. The van der Waals surface area contributed by atoms with E-state index >= 15 is 0 Å². The van der Waals surface area contributed by atoms with Gasteiger partial charge in [0.2, 0.25) is 5.91 Å². The van der Waals surface area contributed by atoms with Crippen molar-refractivity contribution in [2.75, 3.05) is 11.9 Å². The van der Waals surface area contributed by atoms with Gasteiger partial charge in [0.05, 0.1) is 23.5 Å². The minimum Gasteiger partial charge on any atom is -0.506 e. The Morgan fingerprint density at radius 2 is 1.84 bits per heavy atom. The summed E-state index contributed by atoms with van der Waals surface area (Å²) in [6.45, 7) is 4.39. The summed E-state index contributed by atoms with van der Waals surface area (Å²) in [6.07, 6.45) is 1.93. The zero-order valence-electron chi connectivity index (χ0n) is 21.1.